The van der Waals surface area contributed by atoms with Crippen molar-refractivity contribution in [3.05, 3.63) is 88.5 Å². The molecule has 1 aliphatic carbocycles. The molecule has 2 heterocycles. The summed E-state index contributed by atoms with van der Waals surface area (Å²) < 4.78 is 21.3. The molecule has 2 aliphatic heterocycles. The third kappa shape index (κ3) is 6.07. The zero-order valence-electron chi connectivity index (χ0n) is 22.6. The Kier molecular flexibility index (Phi) is 7.28. The van der Waals surface area contributed by atoms with Crippen LogP contribution in [0, 0.1) is 0 Å². The van der Waals surface area contributed by atoms with Gasteiger partial charge in [-0.3, -0.25) is 9.69 Å². The summed E-state index contributed by atoms with van der Waals surface area (Å²) in [5.74, 6) is -0.0518. The highest BCUT2D eigenvalue weighted by Crippen LogP contribution is 2.36. The maximum absolute atomic E-state index is 15.8. The second-order valence-corrected chi connectivity index (χ2v) is 11.7. The van der Waals surface area contributed by atoms with E-state index in [4.69, 9.17) is 4.74 Å². The van der Waals surface area contributed by atoms with Gasteiger partial charge in [0, 0.05) is 50.3 Å². The first-order chi connectivity index (χ1) is 18.1. The summed E-state index contributed by atoms with van der Waals surface area (Å²) in [7, 11) is 0. The van der Waals surface area contributed by atoms with Crippen LogP contribution < -0.4 is 0 Å². The number of hydrogen-bond acceptors (Lipinski definition) is 4. The number of carbonyl (C=O) groups excluding carboxylic acids is 2. The van der Waals surface area contributed by atoms with E-state index in [9.17, 15) is 9.59 Å². The Bertz CT molecular complexity index is 1270. The minimum absolute atomic E-state index is 0.0518. The molecule has 3 aliphatic rings. The van der Waals surface area contributed by atoms with Crippen molar-refractivity contribution in [2.24, 2.45) is 0 Å². The number of fused-ring (bicyclic) bond motifs is 1. The highest BCUT2D eigenvalue weighted by atomic mass is 19.1. The van der Waals surface area contributed by atoms with Crippen molar-refractivity contribution in [3.8, 4) is 0 Å². The van der Waals surface area contributed by atoms with E-state index in [-0.39, 0.29) is 11.9 Å². The van der Waals surface area contributed by atoms with E-state index in [2.05, 4.69) is 29.2 Å². The molecule has 0 N–H and O–H groups in total. The standard InChI is InChI=1S/C32H37FN2O3/c1-31(2,3)38-30(37)35-15-11-24(12-16-35)25-9-10-28-26(19-25)20-27(29(28)36)21-32(33)13-17-34(18-14-32)22-23-7-5-4-6-8-23/h4-11,19,21H,12-18,20,22H2,1-3H3/b27-21+. The van der Waals surface area contributed by atoms with Crippen molar-refractivity contribution >= 4 is 17.4 Å². The van der Waals surface area contributed by atoms with E-state index >= 15 is 4.39 Å². The Morgan fingerprint density at radius 2 is 1.82 bits per heavy atom. The van der Waals surface area contributed by atoms with Gasteiger partial charge in [-0.2, -0.15) is 0 Å². The van der Waals surface area contributed by atoms with Gasteiger partial charge in [0.05, 0.1) is 0 Å². The molecule has 0 radical (unpaired) electrons. The summed E-state index contributed by atoms with van der Waals surface area (Å²) in [5.41, 5.74) is 3.70. The number of amides is 1. The molecule has 0 atom stereocenters. The molecule has 38 heavy (non-hydrogen) atoms. The number of alkyl halides is 1. The predicted octanol–water partition coefficient (Wildman–Crippen LogP) is 6.38. The number of hydrogen-bond donors (Lipinski definition) is 0. The number of benzene rings is 2. The van der Waals surface area contributed by atoms with Crippen LogP contribution >= 0.6 is 0 Å². The van der Waals surface area contributed by atoms with E-state index < -0.39 is 11.3 Å². The van der Waals surface area contributed by atoms with Gasteiger partial charge in [0.2, 0.25) is 0 Å². The molecule has 0 saturated carbocycles. The summed E-state index contributed by atoms with van der Waals surface area (Å²) in [6.07, 6.45) is 5.38. The van der Waals surface area contributed by atoms with Crippen LogP contribution in [0.2, 0.25) is 0 Å². The van der Waals surface area contributed by atoms with Gasteiger partial charge in [0.25, 0.3) is 0 Å². The number of ketones is 1. The van der Waals surface area contributed by atoms with Gasteiger partial charge in [-0.25, -0.2) is 9.18 Å². The first-order valence-electron chi connectivity index (χ1n) is 13.6. The average Bonchev–Trinajstić information content (AvgIpc) is 3.19. The summed E-state index contributed by atoms with van der Waals surface area (Å²) in [6, 6.07) is 16.2. The topological polar surface area (TPSA) is 49.9 Å². The predicted molar refractivity (Wildman–Crippen MR) is 148 cm³/mol. The summed E-state index contributed by atoms with van der Waals surface area (Å²) in [5, 5.41) is 0. The molecule has 6 heteroatoms. The molecule has 2 aromatic rings. The summed E-state index contributed by atoms with van der Waals surface area (Å²) in [4.78, 5) is 29.5. The minimum Gasteiger partial charge on any atom is -0.444 e. The van der Waals surface area contributed by atoms with Crippen molar-refractivity contribution in [1.82, 2.24) is 9.80 Å². The second-order valence-electron chi connectivity index (χ2n) is 11.7. The number of halogens is 1. The fourth-order valence-electron chi connectivity index (χ4n) is 5.54. The lowest BCUT2D eigenvalue weighted by Crippen LogP contribution is -2.40. The number of carbonyl (C=O) groups is 2. The first-order valence-corrected chi connectivity index (χ1v) is 13.6. The molecule has 5 rings (SSSR count). The van der Waals surface area contributed by atoms with E-state index in [1.54, 1.807) is 11.0 Å². The molecule has 0 bridgehead atoms. The van der Waals surface area contributed by atoms with Gasteiger partial charge >= 0.3 is 6.09 Å². The van der Waals surface area contributed by atoms with Crippen molar-refractivity contribution in [3.63, 3.8) is 0 Å². The number of rotatable bonds is 4. The summed E-state index contributed by atoms with van der Waals surface area (Å²) >= 11 is 0. The zero-order chi connectivity index (χ0) is 26.9. The third-order valence-corrected chi connectivity index (χ3v) is 7.62. The molecule has 200 valence electrons. The molecular formula is C32H37FN2O3. The lowest BCUT2D eigenvalue weighted by Gasteiger charge is -2.35. The zero-order valence-corrected chi connectivity index (χ0v) is 22.6. The van der Waals surface area contributed by atoms with Gasteiger partial charge in [-0.05, 0) is 68.4 Å². The third-order valence-electron chi connectivity index (χ3n) is 7.62. The van der Waals surface area contributed by atoms with E-state index in [1.165, 1.54) is 5.56 Å². The Labute approximate surface area is 225 Å². The normalized spacial score (nSPS) is 20.8. The van der Waals surface area contributed by atoms with Gasteiger partial charge in [0.1, 0.15) is 11.3 Å². The van der Waals surface area contributed by atoms with Crippen LogP contribution in [0.1, 0.15) is 67.1 Å². The molecule has 1 fully saturated rings. The Morgan fingerprint density at radius 1 is 1.08 bits per heavy atom. The van der Waals surface area contributed by atoms with Crippen molar-refractivity contribution in [1.29, 1.82) is 0 Å². The van der Waals surface area contributed by atoms with Crippen LogP contribution in [0.5, 0.6) is 0 Å². The largest absolute Gasteiger partial charge is 0.444 e. The Hall–Kier alpha value is -3.25. The van der Waals surface area contributed by atoms with Gasteiger partial charge < -0.3 is 9.64 Å². The maximum atomic E-state index is 15.8. The number of likely N-dealkylation sites (tertiary alicyclic amines) is 1. The molecule has 0 unspecified atom stereocenters. The molecular weight excluding hydrogens is 479 g/mol. The first kappa shape index (κ1) is 26.4. The van der Waals surface area contributed by atoms with Crippen LogP contribution in [0.3, 0.4) is 0 Å². The second kappa shape index (κ2) is 10.5. The lowest BCUT2D eigenvalue weighted by molar-refractivity contribution is 0.0270. The van der Waals surface area contributed by atoms with E-state index in [0.717, 1.165) is 29.7 Å². The Balaban J connectivity index is 1.22. The van der Waals surface area contributed by atoms with Crippen molar-refractivity contribution in [2.75, 3.05) is 26.2 Å². The van der Waals surface area contributed by atoms with Crippen LogP contribution in [0.15, 0.2) is 66.3 Å². The number of ether oxygens (including phenoxy) is 1. The average molecular weight is 517 g/mol. The molecule has 0 spiro atoms. The number of nitrogens with zero attached hydrogens (tertiary/aromatic N) is 2. The van der Waals surface area contributed by atoms with Crippen LogP contribution in [0.4, 0.5) is 9.18 Å². The van der Waals surface area contributed by atoms with Crippen molar-refractivity contribution < 1.29 is 18.7 Å². The fourth-order valence-corrected chi connectivity index (χ4v) is 5.54. The van der Waals surface area contributed by atoms with E-state index in [0.29, 0.717) is 56.6 Å². The number of allylic oxidation sites excluding steroid dienone is 2. The number of piperidine rings is 1. The van der Waals surface area contributed by atoms with Crippen LogP contribution in [-0.2, 0) is 17.7 Å². The smallest absolute Gasteiger partial charge is 0.410 e. The fraction of sp³-hybridized carbons (Fsp3) is 0.438. The highest BCUT2D eigenvalue weighted by Gasteiger charge is 2.36. The monoisotopic (exact) mass is 516 g/mol. The SMILES string of the molecule is CC(C)(C)OC(=O)N1CC=C(c2ccc3c(c2)C/C(=C\C2(F)CCN(Cc4ccccc4)CC2)C3=O)CC1. The number of Topliss-reactive ketones (excluding diaryl/α,β-unsaturated/α-hetero) is 1. The van der Waals surface area contributed by atoms with E-state index in [1.807, 2.05) is 51.1 Å². The van der Waals surface area contributed by atoms with Gasteiger partial charge in [0.15, 0.2) is 5.78 Å². The van der Waals surface area contributed by atoms with Crippen molar-refractivity contribution in [2.45, 2.75) is 64.3 Å². The quantitative estimate of drug-likeness (QED) is 0.443. The molecule has 1 saturated heterocycles. The van der Waals surface area contributed by atoms with Gasteiger partial charge in [-0.1, -0.05) is 54.6 Å². The highest BCUT2D eigenvalue weighted by molar-refractivity contribution is 6.13. The lowest BCUT2D eigenvalue weighted by atomic mass is 9.90. The van der Waals surface area contributed by atoms with Gasteiger partial charge in [-0.15, -0.1) is 0 Å². The molecule has 5 nitrogen and oxygen atoms in total. The molecule has 0 aromatic heterocycles. The molecule has 2 aromatic carbocycles. The summed E-state index contributed by atoms with van der Waals surface area (Å²) in [6.45, 7) is 8.86. The minimum atomic E-state index is -1.44. The van der Waals surface area contributed by atoms with Crippen LogP contribution in [-0.4, -0.2) is 59.1 Å². The maximum Gasteiger partial charge on any atom is 0.410 e. The Morgan fingerprint density at radius 3 is 2.47 bits per heavy atom. The van der Waals surface area contributed by atoms with Crippen LogP contribution in [0.25, 0.3) is 5.57 Å². The molecule has 1 amide bonds.